The van der Waals surface area contributed by atoms with Crippen LogP contribution in [0, 0.1) is 0 Å². The van der Waals surface area contributed by atoms with Crippen LogP contribution < -0.4 is 4.74 Å². The van der Waals surface area contributed by atoms with Crippen molar-refractivity contribution >= 4 is 33.5 Å². The van der Waals surface area contributed by atoms with Crippen molar-refractivity contribution in [2.75, 3.05) is 12.5 Å². The molecule has 0 amide bonds. The number of alkyl halides is 1. The quantitative estimate of drug-likeness (QED) is 0.279. The van der Waals surface area contributed by atoms with E-state index in [1.165, 1.54) is 0 Å². The van der Waals surface area contributed by atoms with E-state index in [-0.39, 0.29) is 0 Å². The number of para-hydroxylation sites is 2. The number of oxazole rings is 1. The van der Waals surface area contributed by atoms with Gasteiger partial charge in [0.25, 0.3) is 0 Å². The van der Waals surface area contributed by atoms with E-state index < -0.39 is 0 Å². The fourth-order valence-electron chi connectivity index (χ4n) is 3.01. The molecule has 0 atom stereocenters. The standard InChI is InChI=1S/C22H20ClNO2/c23-12-4-1-5-13-25-19-11-10-16-14-18(9-8-17(16)15-19)22-24-20-6-2-3-7-21(20)26-22/h2-3,6-11,14-15H,1,4-5,12-13H2. The molecule has 4 rings (SSSR count). The van der Waals surface area contributed by atoms with E-state index in [4.69, 9.17) is 20.8 Å². The zero-order valence-corrected chi connectivity index (χ0v) is 15.2. The summed E-state index contributed by atoms with van der Waals surface area (Å²) in [5, 5.41) is 2.28. The molecule has 3 aromatic carbocycles. The lowest BCUT2D eigenvalue weighted by Gasteiger charge is -2.07. The summed E-state index contributed by atoms with van der Waals surface area (Å²) in [5.41, 5.74) is 2.66. The zero-order chi connectivity index (χ0) is 17.8. The first-order valence-electron chi connectivity index (χ1n) is 8.92. The average molecular weight is 366 g/mol. The van der Waals surface area contributed by atoms with E-state index in [2.05, 4.69) is 29.2 Å². The Hall–Kier alpha value is -2.52. The Kier molecular flexibility index (Phi) is 5.07. The summed E-state index contributed by atoms with van der Waals surface area (Å²) < 4.78 is 11.7. The van der Waals surface area contributed by atoms with Gasteiger partial charge in [0.05, 0.1) is 6.61 Å². The van der Waals surface area contributed by atoms with Crippen LogP contribution >= 0.6 is 11.6 Å². The molecule has 0 bridgehead atoms. The van der Waals surface area contributed by atoms with Crippen LogP contribution in [-0.2, 0) is 0 Å². The Bertz CT molecular complexity index is 992. The summed E-state index contributed by atoms with van der Waals surface area (Å²) in [5.74, 6) is 2.27. The molecule has 132 valence electrons. The second-order valence-corrected chi connectivity index (χ2v) is 6.69. The molecule has 4 aromatic rings. The van der Waals surface area contributed by atoms with Crippen molar-refractivity contribution in [1.29, 1.82) is 0 Å². The Balaban J connectivity index is 1.53. The highest BCUT2D eigenvalue weighted by Gasteiger charge is 2.08. The zero-order valence-electron chi connectivity index (χ0n) is 14.5. The second kappa shape index (κ2) is 7.79. The first kappa shape index (κ1) is 16.9. The molecule has 0 saturated heterocycles. The van der Waals surface area contributed by atoms with Gasteiger partial charge in [-0.3, -0.25) is 0 Å². The molecule has 1 heterocycles. The maximum absolute atomic E-state index is 5.87. The molecular formula is C22H20ClNO2. The number of nitrogens with zero attached hydrogens (tertiary/aromatic N) is 1. The molecule has 3 nitrogen and oxygen atoms in total. The third kappa shape index (κ3) is 3.68. The van der Waals surface area contributed by atoms with Crippen molar-refractivity contribution in [3.63, 3.8) is 0 Å². The lowest BCUT2D eigenvalue weighted by atomic mass is 10.1. The fraction of sp³-hybridized carbons (Fsp3) is 0.227. The number of fused-ring (bicyclic) bond motifs is 2. The molecule has 0 radical (unpaired) electrons. The molecule has 0 aliphatic carbocycles. The fourth-order valence-corrected chi connectivity index (χ4v) is 3.19. The number of hydrogen-bond acceptors (Lipinski definition) is 3. The van der Waals surface area contributed by atoms with Crippen LogP contribution in [0.4, 0.5) is 0 Å². The van der Waals surface area contributed by atoms with E-state index in [0.717, 1.165) is 64.9 Å². The molecule has 26 heavy (non-hydrogen) atoms. The SMILES string of the molecule is ClCCCCCOc1ccc2cc(-c3nc4ccccc4o3)ccc2c1. The lowest BCUT2D eigenvalue weighted by Crippen LogP contribution is -1.97. The molecule has 0 saturated carbocycles. The maximum Gasteiger partial charge on any atom is 0.227 e. The smallest absolute Gasteiger partial charge is 0.227 e. The van der Waals surface area contributed by atoms with Gasteiger partial charge in [-0.25, -0.2) is 4.98 Å². The minimum atomic E-state index is 0.646. The molecule has 0 N–H and O–H groups in total. The summed E-state index contributed by atoms with van der Waals surface area (Å²) in [6.07, 6.45) is 3.17. The summed E-state index contributed by atoms with van der Waals surface area (Å²) in [4.78, 5) is 4.57. The molecule has 1 aromatic heterocycles. The first-order valence-corrected chi connectivity index (χ1v) is 9.45. The minimum absolute atomic E-state index is 0.646. The third-order valence-electron chi connectivity index (χ3n) is 4.40. The summed E-state index contributed by atoms with van der Waals surface area (Å²) in [6, 6.07) is 20.2. The van der Waals surface area contributed by atoms with Gasteiger partial charge in [-0.1, -0.05) is 24.3 Å². The molecule has 0 aliphatic rings. The van der Waals surface area contributed by atoms with Crippen molar-refractivity contribution in [3.05, 3.63) is 60.7 Å². The van der Waals surface area contributed by atoms with Gasteiger partial charge in [0, 0.05) is 11.4 Å². The van der Waals surface area contributed by atoms with Crippen molar-refractivity contribution in [3.8, 4) is 17.2 Å². The molecule has 0 aliphatic heterocycles. The predicted octanol–water partition coefficient (Wildman–Crippen LogP) is 6.44. The van der Waals surface area contributed by atoms with Crippen LogP contribution in [0.2, 0.25) is 0 Å². The first-order chi connectivity index (χ1) is 12.8. The predicted molar refractivity (Wildman–Crippen MR) is 107 cm³/mol. The van der Waals surface area contributed by atoms with Gasteiger partial charge in [0.2, 0.25) is 5.89 Å². The van der Waals surface area contributed by atoms with E-state index in [1.807, 2.05) is 36.4 Å². The Morgan fingerprint density at radius 3 is 2.62 bits per heavy atom. The Labute approximate surface area is 157 Å². The minimum Gasteiger partial charge on any atom is -0.494 e. The third-order valence-corrected chi connectivity index (χ3v) is 4.67. The molecule has 0 unspecified atom stereocenters. The van der Waals surface area contributed by atoms with E-state index in [1.54, 1.807) is 0 Å². The van der Waals surface area contributed by atoms with Crippen molar-refractivity contribution in [2.45, 2.75) is 19.3 Å². The van der Waals surface area contributed by atoms with Gasteiger partial charge >= 0.3 is 0 Å². The lowest BCUT2D eigenvalue weighted by molar-refractivity contribution is 0.307. The highest BCUT2D eigenvalue weighted by molar-refractivity contribution is 6.17. The largest absolute Gasteiger partial charge is 0.494 e. The number of hydrogen-bond donors (Lipinski definition) is 0. The summed E-state index contributed by atoms with van der Waals surface area (Å²) in [6.45, 7) is 0.726. The molecule has 4 heteroatoms. The number of rotatable bonds is 7. The number of halogens is 1. The number of ether oxygens (including phenoxy) is 1. The average Bonchev–Trinajstić information content (AvgIpc) is 3.11. The van der Waals surface area contributed by atoms with Crippen molar-refractivity contribution in [2.24, 2.45) is 0 Å². The van der Waals surface area contributed by atoms with Crippen LogP contribution in [0.15, 0.2) is 65.1 Å². The normalized spacial score (nSPS) is 11.3. The van der Waals surface area contributed by atoms with Gasteiger partial charge in [0.15, 0.2) is 5.58 Å². The highest BCUT2D eigenvalue weighted by atomic mass is 35.5. The number of benzene rings is 3. The van der Waals surface area contributed by atoms with Gasteiger partial charge in [-0.05, 0) is 66.4 Å². The summed E-state index contributed by atoms with van der Waals surface area (Å²) in [7, 11) is 0. The number of aromatic nitrogens is 1. The molecule has 0 fully saturated rings. The summed E-state index contributed by atoms with van der Waals surface area (Å²) >= 11 is 5.69. The van der Waals surface area contributed by atoms with E-state index >= 15 is 0 Å². The molecule has 0 spiro atoms. The topological polar surface area (TPSA) is 35.3 Å². The van der Waals surface area contributed by atoms with Gasteiger partial charge < -0.3 is 9.15 Å². The van der Waals surface area contributed by atoms with Crippen LogP contribution in [0.1, 0.15) is 19.3 Å². The Morgan fingerprint density at radius 1 is 0.885 bits per heavy atom. The van der Waals surface area contributed by atoms with E-state index in [0.29, 0.717) is 5.89 Å². The van der Waals surface area contributed by atoms with Crippen LogP contribution in [0.5, 0.6) is 5.75 Å². The van der Waals surface area contributed by atoms with Gasteiger partial charge in [-0.2, -0.15) is 0 Å². The van der Waals surface area contributed by atoms with E-state index in [9.17, 15) is 0 Å². The monoisotopic (exact) mass is 365 g/mol. The Morgan fingerprint density at radius 2 is 1.73 bits per heavy atom. The van der Waals surface area contributed by atoms with Crippen LogP contribution in [0.25, 0.3) is 33.3 Å². The van der Waals surface area contributed by atoms with Crippen molar-refractivity contribution in [1.82, 2.24) is 4.98 Å². The highest BCUT2D eigenvalue weighted by Crippen LogP contribution is 2.29. The number of unbranched alkanes of at least 4 members (excludes halogenated alkanes) is 2. The van der Waals surface area contributed by atoms with Crippen molar-refractivity contribution < 1.29 is 9.15 Å². The van der Waals surface area contributed by atoms with Gasteiger partial charge in [-0.15, -0.1) is 11.6 Å². The second-order valence-electron chi connectivity index (χ2n) is 6.31. The van der Waals surface area contributed by atoms with Crippen LogP contribution in [-0.4, -0.2) is 17.5 Å². The van der Waals surface area contributed by atoms with Gasteiger partial charge in [0.1, 0.15) is 11.3 Å². The molecular weight excluding hydrogens is 346 g/mol. The maximum atomic E-state index is 5.87. The van der Waals surface area contributed by atoms with Crippen LogP contribution in [0.3, 0.4) is 0 Å².